The van der Waals surface area contributed by atoms with E-state index in [2.05, 4.69) is 20.6 Å². The maximum absolute atomic E-state index is 13.2. The number of carbonyl (C=O) groups excluding carboxylic acids is 1. The van der Waals surface area contributed by atoms with E-state index < -0.39 is 11.7 Å². The Morgan fingerprint density at radius 1 is 1.12 bits per heavy atom. The average molecular weight is 368 g/mol. The first-order valence-electron chi connectivity index (χ1n) is 7.41. The molecule has 6 nitrogen and oxygen atoms in total. The van der Waals surface area contributed by atoms with E-state index in [1.165, 1.54) is 30.6 Å². The van der Waals surface area contributed by atoms with Crippen molar-refractivity contribution in [1.82, 2.24) is 9.97 Å². The van der Waals surface area contributed by atoms with Gasteiger partial charge in [0.15, 0.2) is 0 Å². The lowest BCUT2D eigenvalue weighted by Gasteiger charge is -2.07. The molecule has 3 aromatic rings. The molecule has 0 unspecified atom stereocenters. The Kier molecular flexibility index (Phi) is 5.06. The zero-order chi connectivity index (χ0) is 18.5. The molecule has 1 heterocycles. The van der Waals surface area contributed by atoms with Gasteiger partial charge in [0.1, 0.15) is 17.3 Å². The predicted molar refractivity (Wildman–Crippen MR) is 95.8 cm³/mol. The van der Waals surface area contributed by atoms with E-state index in [1.807, 2.05) is 6.07 Å². The van der Waals surface area contributed by atoms with Crippen molar-refractivity contribution in [2.75, 3.05) is 10.6 Å². The van der Waals surface area contributed by atoms with E-state index in [0.717, 1.165) is 0 Å². The fourth-order valence-electron chi connectivity index (χ4n) is 2.09. The average Bonchev–Trinajstić information content (AvgIpc) is 2.65. The van der Waals surface area contributed by atoms with Crippen LogP contribution in [0.3, 0.4) is 0 Å². The lowest BCUT2D eigenvalue weighted by molar-refractivity contribution is 0.102. The summed E-state index contributed by atoms with van der Waals surface area (Å²) in [6.07, 6.45) is 2.68. The number of rotatable bonds is 4. The van der Waals surface area contributed by atoms with Gasteiger partial charge < -0.3 is 10.6 Å². The highest BCUT2D eigenvalue weighted by Gasteiger charge is 2.09. The Balaban J connectivity index is 1.69. The number of nitriles is 1. The van der Waals surface area contributed by atoms with Crippen molar-refractivity contribution >= 4 is 34.7 Å². The van der Waals surface area contributed by atoms with Gasteiger partial charge in [-0.25, -0.2) is 14.4 Å². The molecular formula is C18H11ClFN5O. The van der Waals surface area contributed by atoms with Crippen molar-refractivity contribution < 1.29 is 9.18 Å². The molecule has 2 N–H and O–H groups in total. The normalized spacial score (nSPS) is 10.0. The molecule has 128 valence electrons. The second kappa shape index (κ2) is 7.59. The Morgan fingerprint density at radius 2 is 1.96 bits per heavy atom. The molecule has 0 atom stereocenters. The maximum atomic E-state index is 13.2. The molecule has 0 fully saturated rings. The Hall–Kier alpha value is -3.50. The number of hydrogen-bond donors (Lipinski definition) is 2. The molecule has 3 rings (SSSR count). The number of aromatic nitrogens is 2. The van der Waals surface area contributed by atoms with E-state index in [9.17, 15) is 9.18 Å². The fraction of sp³-hybridized carbons (Fsp3) is 0. The summed E-state index contributed by atoms with van der Waals surface area (Å²) >= 11 is 5.72. The summed E-state index contributed by atoms with van der Waals surface area (Å²) in [6, 6.07) is 12.7. The summed E-state index contributed by atoms with van der Waals surface area (Å²) in [6.45, 7) is 0. The van der Waals surface area contributed by atoms with Gasteiger partial charge in [0.2, 0.25) is 0 Å². The first kappa shape index (κ1) is 17.3. The van der Waals surface area contributed by atoms with Crippen LogP contribution in [-0.4, -0.2) is 15.9 Å². The summed E-state index contributed by atoms with van der Waals surface area (Å²) in [7, 11) is 0. The molecular weight excluding hydrogens is 357 g/mol. The van der Waals surface area contributed by atoms with Gasteiger partial charge in [-0.2, -0.15) is 5.26 Å². The molecule has 1 amide bonds. The van der Waals surface area contributed by atoms with Gasteiger partial charge in [-0.3, -0.25) is 4.79 Å². The molecule has 0 bridgehead atoms. The van der Waals surface area contributed by atoms with E-state index in [4.69, 9.17) is 16.9 Å². The molecule has 0 aliphatic heterocycles. The van der Waals surface area contributed by atoms with E-state index >= 15 is 0 Å². The molecule has 0 spiro atoms. The second-order valence-corrected chi connectivity index (χ2v) is 5.59. The summed E-state index contributed by atoms with van der Waals surface area (Å²) in [5.74, 6) is -0.601. The van der Waals surface area contributed by atoms with Crippen LogP contribution in [0.25, 0.3) is 0 Å². The molecule has 1 aromatic heterocycles. The highest BCUT2D eigenvalue weighted by molar-refractivity contribution is 6.31. The van der Waals surface area contributed by atoms with Crippen molar-refractivity contribution in [2.24, 2.45) is 0 Å². The molecule has 0 aliphatic carbocycles. The highest BCUT2D eigenvalue weighted by atomic mass is 35.5. The van der Waals surface area contributed by atoms with Crippen LogP contribution >= 0.6 is 11.6 Å². The van der Waals surface area contributed by atoms with Crippen molar-refractivity contribution in [3.05, 3.63) is 77.0 Å². The van der Waals surface area contributed by atoms with Crippen LogP contribution < -0.4 is 10.6 Å². The minimum absolute atomic E-state index is 0.0152. The first-order chi connectivity index (χ1) is 12.5. The van der Waals surface area contributed by atoms with Crippen LogP contribution in [0.2, 0.25) is 5.02 Å². The maximum Gasteiger partial charge on any atom is 0.275 e. The molecule has 26 heavy (non-hydrogen) atoms. The van der Waals surface area contributed by atoms with E-state index in [-0.39, 0.29) is 10.7 Å². The standard InChI is InChI=1S/C18H11ClFN5O/c19-14-7-13(4-5-15(14)20)24-17-10-22-16(9-23-17)18(26)25-12-3-1-2-11(6-12)8-21/h1-7,9-10H,(H,23,24)(H,25,26). The van der Waals surface area contributed by atoms with Crippen LogP contribution in [0.1, 0.15) is 16.1 Å². The van der Waals surface area contributed by atoms with E-state index in [1.54, 1.807) is 24.3 Å². The third-order valence-corrected chi connectivity index (χ3v) is 3.62. The second-order valence-electron chi connectivity index (χ2n) is 5.19. The number of halogens is 2. The van der Waals surface area contributed by atoms with E-state index in [0.29, 0.717) is 22.8 Å². The van der Waals surface area contributed by atoms with Crippen LogP contribution in [0.15, 0.2) is 54.9 Å². The number of hydrogen-bond acceptors (Lipinski definition) is 5. The van der Waals surface area contributed by atoms with Crippen molar-refractivity contribution in [3.63, 3.8) is 0 Å². The van der Waals surface area contributed by atoms with Gasteiger partial charge in [0.05, 0.1) is 29.0 Å². The van der Waals surface area contributed by atoms with Crippen molar-refractivity contribution in [1.29, 1.82) is 5.26 Å². The summed E-state index contributed by atoms with van der Waals surface area (Å²) in [5, 5.41) is 14.4. The van der Waals surface area contributed by atoms with Gasteiger partial charge in [-0.15, -0.1) is 0 Å². The SMILES string of the molecule is N#Cc1cccc(NC(=O)c2cnc(Nc3ccc(F)c(Cl)c3)cn2)c1. The molecule has 0 radical (unpaired) electrons. The predicted octanol–water partition coefficient (Wildman–Crippen LogP) is 4.14. The van der Waals surface area contributed by atoms with Crippen LogP contribution in [-0.2, 0) is 0 Å². The van der Waals surface area contributed by atoms with Gasteiger partial charge >= 0.3 is 0 Å². The first-order valence-corrected chi connectivity index (χ1v) is 7.78. The quantitative estimate of drug-likeness (QED) is 0.723. The molecule has 0 saturated carbocycles. The van der Waals surface area contributed by atoms with Crippen LogP contribution in [0.5, 0.6) is 0 Å². The number of amides is 1. The minimum atomic E-state index is -0.518. The number of benzene rings is 2. The summed E-state index contributed by atoms with van der Waals surface area (Å²) in [4.78, 5) is 20.3. The molecule has 2 aromatic carbocycles. The largest absolute Gasteiger partial charge is 0.339 e. The molecule has 0 saturated heterocycles. The summed E-state index contributed by atoms with van der Waals surface area (Å²) in [5.41, 5.74) is 1.57. The lowest BCUT2D eigenvalue weighted by Crippen LogP contribution is -2.14. The zero-order valence-corrected chi connectivity index (χ0v) is 14.0. The Bertz CT molecular complexity index is 1000. The van der Waals surface area contributed by atoms with Crippen LogP contribution in [0, 0.1) is 17.1 Å². The van der Waals surface area contributed by atoms with Crippen molar-refractivity contribution in [3.8, 4) is 6.07 Å². The third kappa shape index (κ3) is 4.12. The smallest absolute Gasteiger partial charge is 0.275 e. The minimum Gasteiger partial charge on any atom is -0.339 e. The highest BCUT2D eigenvalue weighted by Crippen LogP contribution is 2.21. The van der Waals surface area contributed by atoms with Crippen LogP contribution in [0.4, 0.5) is 21.6 Å². The Labute approximate surface area is 153 Å². The molecule has 8 heteroatoms. The van der Waals surface area contributed by atoms with Gasteiger partial charge in [-0.05, 0) is 36.4 Å². The van der Waals surface area contributed by atoms with Gasteiger partial charge in [0.25, 0.3) is 5.91 Å². The number of nitrogens with zero attached hydrogens (tertiary/aromatic N) is 3. The number of anilines is 3. The molecule has 0 aliphatic rings. The van der Waals surface area contributed by atoms with Gasteiger partial charge in [0, 0.05) is 11.4 Å². The summed E-state index contributed by atoms with van der Waals surface area (Å²) < 4.78 is 13.2. The Morgan fingerprint density at radius 3 is 2.65 bits per heavy atom. The lowest BCUT2D eigenvalue weighted by atomic mass is 10.2. The monoisotopic (exact) mass is 367 g/mol. The zero-order valence-electron chi connectivity index (χ0n) is 13.2. The topological polar surface area (TPSA) is 90.7 Å². The number of nitrogens with one attached hydrogen (secondary N) is 2. The fourth-order valence-corrected chi connectivity index (χ4v) is 2.27. The third-order valence-electron chi connectivity index (χ3n) is 3.33. The van der Waals surface area contributed by atoms with Gasteiger partial charge in [-0.1, -0.05) is 17.7 Å². The number of carbonyl (C=O) groups is 1. The van der Waals surface area contributed by atoms with Crippen molar-refractivity contribution in [2.45, 2.75) is 0 Å².